The van der Waals surface area contributed by atoms with Crippen LogP contribution in [0.3, 0.4) is 0 Å². The monoisotopic (exact) mass is 235 g/mol. The van der Waals surface area contributed by atoms with E-state index in [1.165, 1.54) is 0 Å². The molecule has 0 aromatic rings. The van der Waals surface area contributed by atoms with Crippen LogP contribution in [-0.4, -0.2) is 63.5 Å². The van der Waals surface area contributed by atoms with Crippen molar-refractivity contribution in [2.75, 3.05) is 13.2 Å². The third kappa shape index (κ3) is 2.69. The smallest absolute Gasteiger partial charge is 0.219 e. The van der Waals surface area contributed by atoms with Crippen LogP contribution in [0, 0.1) is 0 Å². The van der Waals surface area contributed by atoms with E-state index < -0.39 is 30.7 Å². The molecule has 0 saturated carbocycles. The number of hydrogen-bond acceptors (Lipinski definition) is 7. The summed E-state index contributed by atoms with van der Waals surface area (Å²) in [6, 6.07) is 0. The zero-order chi connectivity index (χ0) is 12.3. The van der Waals surface area contributed by atoms with Crippen molar-refractivity contribution < 1.29 is 30.0 Å². The fourth-order valence-corrected chi connectivity index (χ4v) is 1.37. The maximum Gasteiger partial charge on any atom is 0.219 e. The van der Waals surface area contributed by atoms with E-state index in [0.29, 0.717) is 5.71 Å². The van der Waals surface area contributed by atoms with Crippen molar-refractivity contribution in [2.45, 2.75) is 37.9 Å². The molecule has 7 nitrogen and oxygen atoms in total. The topological polar surface area (TPSA) is 112 Å². The van der Waals surface area contributed by atoms with Gasteiger partial charge in [0.05, 0.1) is 12.3 Å². The second-order valence-electron chi connectivity index (χ2n) is 3.93. The molecule has 94 valence electrons. The molecule has 16 heavy (non-hydrogen) atoms. The van der Waals surface area contributed by atoms with Gasteiger partial charge in [-0.15, -0.1) is 0 Å². The number of ether oxygens (including phenoxy) is 1. The van der Waals surface area contributed by atoms with Gasteiger partial charge >= 0.3 is 0 Å². The fraction of sp³-hybridized carbons (Fsp3) is 0.889. The summed E-state index contributed by atoms with van der Waals surface area (Å²) >= 11 is 0. The summed E-state index contributed by atoms with van der Waals surface area (Å²) in [7, 11) is 0. The molecule has 1 unspecified atom stereocenters. The van der Waals surface area contributed by atoms with E-state index in [-0.39, 0.29) is 6.61 Å². The number of oxime groups is 1. The Morgan fingerprint density at radius 1 is 1.44 bits per heavy atom. The van der Waals surface area contributed by atoms with Gasteiger partial charge in [0.1, 0.15) is 24.9 Å². The van der Waals surface area contributed by atoms with Gasteiger partial charge < -0.3 is 30.0 Å². The van der Waals surface area contributed by atoms with Crippen molar-refractivity contribution >= 4 is 5.71 Å². The second-order valence-corrected chi connectivity index (χ2v) is 3.93. The van der Waals surface area contributed by atoms with E-state index >= 15 is 0 Å². The Morgan fingerprint density at radius 3 is 2.50 bits per heavy atom. The Kier molecular flexibility index (Phi) is 4.22. The zero-order valence-corrected chi connectivity index (χ0v) is 9.20. The molecule has 1 heterocycles. The normalized spacial score (nSPS) is 38.5. The Balaban J connectivity index is 2.54. The largest absolute Gasteiger partial charge is 0.393 e. The van der Waals surface area contributed by atoms with E-state index in [1.807, 2.05) is 0 Å². The summed E-state index contributed by atoms with van der Waals surface area (Å²) in [4.78, 5) is 4.83. The average Bonchev–Trinajstić information content (AvgIpc) is 2.44. The van der Waals surface area contributed by atoms with Crippen LogP contribution in [0.15, 0.2) is 5.16 Å². The van der Waals surface area contributed by atoms with Crippen LogP contribution in [-0.2, 0) is 9.57 Å². The highest BCUT2D eigenvalue weighted by Gasteiger charge is 2.53. The first-order valence-electron chi connectivity index (χ1n) is 4.91. The lowest BCUT2D eigenvalue weighted by molar-refractivity contribution is -0.249. The van der Waals surface area contributed by atoms with Crippen molar-refractivity contribution in [1.29, 1.82) is 0 Å². The zero-order valence-electron chi connectivity index (χ0n) is 9.20. The highest BCUT2D eigenvalue weighted by Crippen LogP contribution is 2.28. The lowest BCUT2D eigenvalue weighted by atomic mass is 10.1. The predicted molar refractivity (Wildman–Crippen MR) is 53.7 cm³/mol. The molecule has 0 aromatic carbocycles. The molecule has 1 rings (SSSR count). The van der Waals surface area contributed by atoms with Gasteiger partial charge in [-0.2, -0.15) is 0 Å². The van der Waals surface area contributed by atoms with Crippen LogP contribution in [0.5, 0.6) is 0 Å². The molecule has 0 amide bonds. The Labute approximate surface area is 92.9 Å². The molecule has 1 aliphatic rings. The van der Waals surface area contributed by atoms with Gasteiger partial charge in [-0.1, -0.05) is 5.16 Å². The van der Waals surface area contributed by atoms with Gasteiger partial charge in [0.25, 0.3) is 0 Å². The molecular formula is C9H17NO6. The Morgan fingerprint density at radius 2 is 2.06 bits per heavy atom. The van der Waals surface area contributed by atoms with Crippen molar-refractivity contribution in [3.05, 3.63) is 0 Å². The van der Waals surface area contributed by atoms with Gasteiger partial charge in [0.2, 0.25) is 5.79 Å². The molecule has 1 aliphatic heterocycles. The van der Waals surface area contributed by atoms with Crippen molar-refractivity contribution in [3.8, 4) is 0 Å². The van der Waals surface area contributed by atoms with E-state index in [4.69, 9.17) is 14.7 Å². The summed E-state index contributed by atoms with van der Waals surface area (Å²) in [5.41, 5.74) is 0.686. The van der Waals surface area contributed by atoms with Gasteiger partial charge in [-0.05, 0) is 13.8 Å². The van der Waals surface area contributed by atoms with Gasteiger partial charge in [0.15, 0.2) is 0 Å². The SMILES string of the molecule is CC(C)=NOC[C@H]1OC(O)(CO)[C@H](O)[C@@H]1O. The maximum atomic E-state index is 9.54. The number of nitrogens with zero attached hydrogens (tertiary/aromatic N) is 1. The summed E-state index contributed by atoms with van der Waals surface area (Å²) < 4.78 is 4.92. The standard InChI is InChI=1S/C9H17NO6/c1-5(2)10-15-3-6-7(12)8(13)9(14,4-11)16-6/h6-8,11-14H,3-4H2,1-2H3/t6-,7-,8-,9?/m1/s1. The van der Waals surface area contributed by atoms with E-state index in [2.05, 4.69) is 5.16 Å². The van der Waals surface area contributed by atoms with Crippen LogP contribution in [0.4, 0.5) is 0 Å². The minimum absolute atomic E-state index is 0.119. The molecule has 4 atom stereocenters. The third-order valence-electron chi connectivity index (χ3n) is 2.23. The van der Waals surface area contributed by atoms with Crippen molar-refractivity contribution in [3.63, 3.8) is 0 Å². The molecule has 0 aliphatic carbocycles. The fourth-order valence-electron chi connectivity index (χ4n) is 1.37. The van der Waals surface area contributed by atoms with Crippen LogP contribution in [0.2, 0.25) is 0 Å². The first kappa shape index (κ1) is 13.3. The number of aliphatic hydroxyl groups is 4. The maximum absolute atomic E-state index is 9.54. The van der Waals surface area contributed by atoms with Gasteiger partial charge in [-0.25, -0.2) is 0 Å². The quantitative estimate of drug-likeness (QED) is 0.338. The molecule has 1 saturated heterocycles. The van der Waals surface area contributed by atoms with E-state index in [0.717, 1.165) is 0 Å². The Bertz CT molecular complexity index is 267. The lowest BCUT2D eigenvalue weighted by Gasteiger charge is -2.22. The summed E-state index contributed by atoms with van der Waals surface area (Å²) in [5.74, 6) is -2.14. The molecule has 1 fully saturated rings. The van der Waals surface area contributed by atoms with Gasteiger partial charge in [-0.3, -0.25) is 0 Å². The average molecular weight is 235 g/mol. The third-order valence-corrected chi connectivity index (χ3v) is 2.23. The van der Waals surface area contributed by atoms with Crippen LogP contribution in [0.1, 0.15) is 13.8 Å². The number of hydrogen-bond donors (Lipinski definition) is 4. The first-order valence-corrected chi connectivity index (χ1v) is 4.91. The van der Waals surface area contributed by atoms with Crippen molar-refractivity contribution in [1.82, 2.24) is 0 Å². The molecule has 7 heteroatoms. The molecule has 0 radical (unpaired) electrons. The lowest BCUT2D eigenvalue weighted by Crippen LogP contribution is -2.46. The van der Waals surface area contributed by atoms with E-state index in [9.17, 15) is 15.3 Å². The van der Waals surface area contributed by atoms with Crippen LogP contribution in [0.25, 0.3) is 0 Å². The highest BCUT2D eigenvalue weighted by atomic mass is 16.7. The van der Waals surface area contributed by atoms with Crippen LogP contribution >= 0.6 is 0 Å². The minimum Gasteiger partial charge on any atom is -0.393 e. The first-order chi connectivity index (χ1) is 7.40. The van der Waals surface area contributed by atoms with Crippen molar-refractivity contribution in [2.24, 2.45) is 5.16 Å². The molecular weight excluding hydrogens is 218 g/mol. The van der Waals surface area contributed by atoms with E-state index in [1.54, 1.807) is 13.8 Å². The highest BCUT2D eigenvalue weighted by molar-refractivity contribution is 5.78. The predicted octanol–water partition coefficient (Wildman–Crippen LogP) is -1.80. The minimum atomic E-state index is -2.14. The molecule has 0 aromatic heterocycles. The summed E-state index contributed by atoms with van der Waals surface area (Å²) in [6.45, 7) is 2.53. The van der Waals surface area contributed by atoms with Gasteiger partial charge in [0, 0.05) is 0 Å². The summed E-state index contributed by atoms with van der Waals surface area (Å²) in [5, 5.41) is 40.9. The number of rotatable bonds is 4. The second kappa shape index (κ2) is 5.07. The van der Waals surface area contributed by atoms with Crippen LogP contribution < -0.4 is 0 Å². The molecule has 0 spiro atoms. The Hall–Kier alpha value is -0.730. The summed E-state index contributed by atoms with van der Waals surface area (Å²) in [6.07, 6.45) is -3.84. The number of aliphatic hydroxyl groups excluding tert-OH is 3. The molecule has 4 N–H and O–H groups in total. The molecule has 0 bridgehead atoms.